The Balaban J connectivity index is 1.90. The van der Waals surface area contributed by atoms with Crippen LogP contribution in [0.15, 0.2) is 35.7 Å². The van der Waals surface area contributed by atoms with Gasteiger partial charge in [0.05, 0.1) is 29.5 Å². The van der Waals surface area contributed by atoms with Crippen molar-refractivity contribution in [2.45, 2.75) is 17.7 Å². The monoisotopic (exact) mass is 410 g/mol. The molecule has 0 saturated carbocycles. The number of nitrogens with zero attached hydrogens (tertiary/aromatic N) is 2. The van der Waals surface area contributed by atoms with E-state index < -0.39 is 10.0 Å². The highest BCUT2D eigenvalue weighted by atomic mass is 32.2. The predicted molar refractivity (Wildman–Crippen MR) is 112 cm³/mol. The fraction of sp³-hybridized carbons (Fsp3) is 0.500. The van der Waals surface area contributed by atoms with Crippen LogP contribution in [0.5, 0.6) is 0 Å². The van der Waals surface area contributed by atoms with E-state index in [0.29, 0.717) is 43.6 Å². The molecular formula is C18H26N4O3S2. The van der Waals surface area contributed by atoms with Crippen LogP contribution in [-0.4, -0.2) is 63.8 Å². The smallest absolute Gasteiger partial charge is 0.243 e. The van der Waals surface area contributed by atoms with Crippen molar-refractivity contribution >= 4 is 38.7 Å². The second-order valence-corrected chi connectivity index (χ2v) is 8.86. The molecule has 1 aromatic rings. The average Bonchev–Trinajstić information content (AvgIpc) is 3.21. The van der Waals surface area contributed by atoms with Crippen molar-refractivity contribution in [1.29, 1.82) is 0 Å². The summed E-state index contributed by atoms with van der Waals surface area (Å²) in [6.07, 6.45) is 3.98. The topological polar surface area (TPSA) is 73.9 Å². The second kappa shape index (κ2) is 9.01. The highest BCUT2D eigenvalue weighted by Crippen LogP contribution is 2.32. The van der Waals surface area contributed by atoms with Crippen LogP contribution in [0.1, 0.15) is 12.8 Å². The first-order valence-electron chi connectivity index (χ1n) is 9.15. The van der Waals surface area contributed by atoms with E-state index in [1.165, 1.54) is 4.31 Å². The molecule has 0 radical (unpaired) electrons. The van der Waals surface area contributed by atoms with E-state index in [1.807, 2.05) is 6.07 Å². The maximum Gasteiger partial charge on any atom is 0.243 e. The van der Waals surface area contributed by atoms with Gasteiger partial charge in [0.15, 0.2) is 5.11 Å². The molecule has 27 heavy (non-hydrogen) atoms. The average molecular weight is 411 g/mol. The predicted octanol–water partition coefficient (Wildman–Crippen LogP) is 1.78. The molecule has 2 N–H and O–H groups in total. The number of ether oxygens (including phenoxy) is 1. The molecule has 0 unspecified atom stereocenters. The summed E-state index contributed by atoms with van der Waals surface area (Å²) in [6, 6.07) is 5.24. The van der Waals surface area contributed by atoms with Gasteiger partial charge in [0.1, 0.15) is 0 Å². The molecule has 2 aliphatic heterocycles. The van der Waals surface area contributed by atoms with Gasteiger partial charge in [-0.15, -0.1) is 6.58 Å². The molecule has 0 amide bonds. The molecule has 0 bridgehead atoms. The van der Waals surface area contributed by atoms with Crippen molar-refractivity contribution in [3.8, 4) is 0 Å². The first kappa shape index (κ1) is 20.1. The maximum atomic E-state index is 13.0. The minimum absolute atomic E-state index is 0.265. The fourth-order valence-corrected chi connectivity index (χ4v) is 4.90. The van der Waals surface area contributed by atoms with Crippen LogP contribution in [0.2, 0.25) is 0 Å². The Bertz CT molecular complexity index is 786. The van der Waals surface area contributed by atoms with Gasteiger partial charge < -0.3 is 20.3 Å². The molecule has 7 nitrogen and oxygen atoms in total. The van der Waals surface area contributed by atoms with Gasteiger partial charge in [-0.3, -0.25) is 0 Å². The molecule has 3 rings (SSSR count). The van der Waals surface area contributed by atoms with E-state index in [0.717, 1.165) is 31.6 Å². The number of anilines is 2. The van der Waals surface area contributed by atoms with Crippen LogP contribution >= 0.6 is 12.2 Å². The molecule has 0 aromatic heterocycles. The first-order valence-corrected chi connectivity index (χ1v) is 11.0. The molecule has 1 aromatic carbocycles. The van der Waals surface area contributed by atoms with Crippen LogP contribution in [0.4, 0.5) is 11.4 Å². The number of hydrogen-bond donors (Lipinski definition) is 2. The van der Waals surface area contributed by atoms with E-state index in [9.17, 15) is 8.42 Å². The van der Waals surface area contributed by atoms with Crippen LogP contribution in [0.25, 0.3) is 0 Å². The zero-order chi connectivity index (χ0) is 19.3. The third kappa shape index (κ3) is 4.78. The summed E-state index contributed by atoms with van der Waals surface area (Å²) in [5.41, 5.74) is 1.67. The van der Waals surface area contributed by atoms with Gasteiger partial charge in [0, 0.05) is 32.7 Å². The Morgan fingerprint density at radius 2 is 1.93 bits per heavy atom. The summed E-state index contributed by atoms with van der Waals surface area (Å²) in [5.74, 6) is 0. The molecule has 2 heterocycles. The van der Waals surface area contributed by atoms with Gasteiger partial charge in [-0.05, 0) is 43.3 Å². The number of benzene rings is 1. The first-order chi connectivity index (χ1) is 13.0. The number of hydrogen-bond acceptors (Lipinski definition) is 5. The van der Waals surface area contributed by atoms with Gasteiger partial charge in [-0.1, -0.05) is 6.08 Å². The highest BCUT2D eigenvalue weighted by Gasteiger charge is 2.28. The van der Waals surface area contributed by atoms with Gasteiger partial charge in [-0.25, -0.2) is 8.42 Å². The second-order valence-electron chi connectivity index (χ2n) is 6.51. The standard InChI is InChI=1S/C18H26N4O3S2/c1-2-7-19-18(26)20-16-14-15(5-6-17(16)21-8-3-4-9-21)27(23,24)22-10-12-25-13-11-22/h2,5-6,14H,1,3-4,7-13H2,(H2,19,20,26). The van der Waals surface area contributed by atoms with Gasteiger partial charge in [0.25, 0.3) is 0 Å². The highest BCUT2D eigenvalue weighted by molar-refractivity contribution is 7.89. The number of nitrogens with one attached hydrogen (secondary N) is 2. The number of rotatable bonds is 6. The summed E-state index contributed by atoms with van der Waals surface area (Å²) in [7, 11) is -3.56. The lowest BCUT2D eigenvalue weighted by Gasteiger charge is -2.27. The van der Waals surface area contributed by atoms with E-state index in [2.05, 4.69) is 22.1 Å². The third-order valence-corrected chi connectivity index (χ3v) is 6.82. The van der Waals surface area contributed by atoms with Crippen molar-refractivity contribution in [2.24, 2.45) is 0 Å². The zero-order valence-corrected chi connectivity index (χ0v) is 16.9. The Morgan fingerprint density at radius 1 is 1.22 bits per heavy atom. The summed E-state index contributed by atoms with van der Waals surface area (Å²) in [5, 5.41) is 6.63. The van der Waals surface area contributed by atoms with Crippen molar-refractivity contribution in [1.82, 2.24) is 9.62 Å². The van der Waals surface area contributed by atoms with Gasteiger partial charge in [0.2, 0.25) is 10.0 Å². The van der Waals surface area contributed by atoms with Gasteiger partial charge in [-0.2, -0.15) is 4.31 Å². The minimum Gasteiger partial charge on any atom is -0.379 e. The van der Waals surface area contributed by atoms with Crippen molar-refractivity contribution in [3.63, 3.8) is 0 Å². The summed E-state index contributed by atoms with van der Waals surface area (Å²) >= 11 is 5.33. The molecule has 0 aliphatic carbocycles. The fourth-order valence-electron chi connectivity index (χ4n) is 3.28. The number of sulfonamides is 1. The molecule has 0 spiro atoms. The normalized spacial score (nSPS) is 18.3. The van der Waals surface area contributed by atoms with Crippen molar-refractivity contribution in [3.05, 3.63) is 30.9 Å². The van der Waals surface area contributed by atoms with Crippen LogP contribution in [0.3, 0.4) is 0 Å². The van der Waals surface area contributed by atoms with Crippen LogP contribution < -0.4 is 15.5 Å². The Morgan fingerprint density at radius 3 is 2.59 bits per heavy atom. The van der Waals surface area contributed by atoms with E-state index in [-0.39, 0.29) is 4.90 Å². The quantitative estimate of drug-likeness (QED) is 0.547. The summed E-state index contributed by atoms with van der Waals surface area (Å²) < 4.78 is 32.7. The Hall–Kier alpha value is -1.68. The SMILES string of the molecule is C=CCNC(=S)Nc1cc(S(=O)(=O)N2CCOCC2)ccc1N1CCCC1. The third-order valence-electron chi connectivity index (χ3n) is 4.68. The van der Waals surface area contributed by atoms with Crippen LogP contribution in [-0.2, 0) is 14.8 Å². The molecule has 148 valence electrons. The number of thiocarbonyl (C=S) groups is 1. The summed E-state index contributed by atoms with van der Waals surface area (Å²) in [6.45, 7) is 7.71. The summed E-state index contributed by atoms with van der Waals surface area (Å²) in [4.78, 5) is 2.52. The molecule has 9 heteroatoms. The largest absolute Gasteiger partial charge is 0.379 e. The van der Waals surface area contributed by atoms with E-state index in [1.54, 1.807) is 18.2 Å². The van der Waals surface area contributed by atoms with E-state index >= 15 is 0 Å². The molecule has 2 saturated heterocycles. The molecule has 0 atom stereocenters. The lowest BCUT2D eigenvalue weighted by Crippen LogP contribution is -2.40. The molecular weight excluding hydrogens is 384 g/mol. The van der Waals surface area contributed by atoms with Gasteiger partial charge >= 0.3 is 0 Å². The van der Waals surface area contributed by atoms with Crippen molar-refractivity contribution < 1.29 is 13.2 Å². The lowest BCUT2D eigenvalue weighted by molar-refractivity contribution is 0.0730. The maximum absolute atomic E-state index is 13.0. The van der Waals surface area contributed by atoms with Crippen molar-refractivity contribution in [2.75, 3.05) is 56.2 Å². The molecule has 2 aliphatic rings. The Labute approximate surface area is 166 Å². The lowest BCUT2D eigenvalue weighted by atomic mass is 10.2. The molecule has 2 fully saturated rings. The number of morpholine rings is 1. The Kier molecular flexibility index (Phi) is 6.69. The minimum atomic E-state index is -3.56. The van der Waals surface area contributed by atoms with E-state index in [4.69, 9.17) is 17.0 Å². The van der Waals surface area contributed by atoms with Crippen LogP contribution in [0, 0.1) is 0 Å². The zero-order valence-electron chi connectivity index (χ0n) is 15.3.